The zero-order valence-electron chi connectivity index (χ0n) is 9.14. The summed E-state index contributed by atoms with van der Waals surface area (Å²) in [6.07, 6.45) is 0.151. The van der Waals surface area contributed by atoms with E-state index in [-0.39, 0.29) is 18.7 Å². The van der Waals surface area contributed by atoms with Gasteiger partial charge in [0.1, 0.15) is 0 Å². The van der Waals surface area contributed by atoms with Crippen LogP contribution in [0, 0.1) is 0 Å². The molecule has 0 spiro atoms. The van der Waals surface area contributed by atoms with Crippen LogP contribution in [0.2, 0.25) is 0 Å². The Kier molecular flexibility index (Phi) is 3.79. The van der Waals surface area contributed by atoms with Crippen LogP contribution in [-0.2, 0) is 15.0 Å². The predicted molar refractivity (Wildman–Crippen MR) is 60.1 cm³/mol. The number of carbonyl (C=O) groups excluding carboxylic acids is 1. The molecule has 0 radical (unpaired) electrons. The summed E-state index contributed by atoms with van der Waals surface area (Å²) < 4.78 is 0. The minimum absolute atomic E-state index is 0.151. The van der Waals surface area contributed by atoms with E-state index in [4.69, 9.17) is 5.73 Å². The molecule has 3 N–H and O–H groups in total. The lowest BCUT2D eigenvalue weighted by molar-refractivity contribution is -0.148. The van der Waals surface area contributed by atoms with Gasteiger partial charge in [-0.25, -0.2) is 0 Å². The van der Waals surface area contributed by atoms with E-state index in [0.717, 1.165) is 0 Å². The average molecular weight is 221 g/mol. The van der Waals surface area contributed by atoms with Crippen LogP contribution in [0.1, 0.15) is 18.9 Å². The molecule has 0 amide bonds. The van der Waals surface area contributed by atoms with Crippen LogP contribution in [0.5, 0.6) is 0 Å². The largest absolute Gasteiger partial charge is 0.480 e. The molecule has 1 aromatic rings. The Bertz CT molecular complexity index is 389. The molecule has 0 aliphatic rings. The highest BCUT2D eigenvalue weighted by Gasteiger charge is 2.45. The minimum Gasteiger partial charge on any atom is -0.480 e. The molecule has 1 aromatic carbocycles. The first-order valence-electron chi connectivity index (χ1n) is 5.12. The normalized spacial score (nSPS) is 14.1. The van der Waals surface area contributed by atoms with Crippen LogP contribution in [0.15, 0.2) is 30.3 Å². The first kappa shape index (κ1) is 12.4. The zero-order valence-corrected chi connectivity index (χ0v) is 9.14. The Labute approximate surface area is 94.1 Å². The molecule has 0 bridgehead atoms. The molecule has 0 aliphatic carbocycles. The first-order chi connectivity index (χ1) is 7.59. The van der Waals surface area contributed by atoms with Crippen molar-refractivity contribution in [3.05, 3.63) is 35.9 Å². The lowest BCUT2D eigenvalue weighted by Gasteiger charge is -2.26. The molecular formula is C12H15NO3. The Morgan fingerprint density at radius 3 is 2.25 bits per heavy atom. The van der Waals surface area contributed by atoms with Crippen molar-refractivity contribution in [2.24, 2.45) is 5.73 Å². The average Bonchev–Trinajstić information content (AvgIpc) is 2.31. The van der Waals surface area contributed by atoms with Crippen LogP contribution in [-0.4, -0.2) is 23.4 Å². The fraction of sp³-hybridized carbons (Fsp3) is 0.333. The van der Waals surface area contributed by atoms with Crippen molar-refractivity contribution in [2.75, 3.05) is 6.54 Å². The number of Topliss-reactive ketones (excluding diaryl/α,β-unsaturated/α-hetero) is 1. The van der Waals surface area contributed by atoms with Gasteiger partial charge in [0, 0.05) is 13.0 Å². The Morgan fingerprint density at radius 1 is 1.31 bits per heavy atom. The third kappa shape index (κ3) is 1.84. The quantitative estimate of drug-likeness (QED) is 0.725. The Morgan fingerprint density at radius 2 is 1.88 bits per heavy atom. The summed E-state index contributed by atoms with van der Waals surface area (Å²) >= 11 is 0. The van der Waals surface area contributed by atoms with Gasteiger partial charge in [-0.05, 0) is 5.56 Å². The van der Waals surface area contributed by atoms with Crippen molar-refractivity contribution >= 4 is 11.8 Å². The second-order valence-electron chi connectivity index (χ2n) is 3.56. The van der Waals surface area contributed by atoms with Crippen LogP contribution in [0.4, 0.5) is 0 Å². The highest BCUT2D eigenvalue weighted by Crippen LogP contribution is 2.26. The number of rotatable bonds is 5. The Balaban J connectivity index is 3.35. The first-order valence-corrected chi connectivity index (χ1v) is 5.12. The number of carboxylic acids is 1. The molecule has 1 rings (SSSR count). The van der Waals surface area contributed by atoms with Crippen LogP contribution < -0.4 is 5.73 Å². The van der Waals surface area contributed by atoms with Gasteiger partial charge in [0.05, 0.1) is 0 Å². The topological polar surface area (TPSA) is 80.4 Å². The fourth-order valence-electron chi connectivity index (χ4n) is 1.75. The monoisotopic (exact) mass is 221 g/mol. The molecule has 16 heavy (non-hydrogen) atoms. The Hall–Kier alpha value is -1.68. The van der Waals surface area contributed by atoms with Crippen molar-refractivity contribution in [3.63, 3.8) is 0 Å². The molecule has 1 atom stereocenters. The standard InChI is InChI=1S/C12H15NO3/c1-2-10(14)12(8-13,11(15)16)9-6-4-3-5-7-9/h3-7H,2,8,13H2,1H3,(H,15,16). The van der Waals surface area contributed by atoms with Gasteiger partial charge in [0.25, 0.3) is 0 Å². The van der Waals surface area contributed by atoms with E-state index in [1.54, 1.807) is 37.3 Å². The van der Waals surface area contributed by atoms with E-state index >= 15 is 0 Å². The van der Waals surface area contributed by atoms with E-state index in [9.17, 15) is 14.7 Å². The maximum Gasteiger partial charge on any atom is 0.323 e. The number of hydrogen-bond donors (Lipinski definition) is 2. The van der Waals surface area contributed by atoms with E-state index in [2.05, 4.69) is 0 Å². The highest BCUT2D eigenvalue weighted by molar-refractivity contribution is 6.09. The van der Waals surface area contributed by atoms with Gasteiger partial charge in [-0.2, -0.15) is 0 Å². The summed E-state index contributed by atoms with van der Waals surface area (Å²) in [5, 5.41) is 9.28. The second-order valence-corrected chi connectivity index (χ2v) is 3.56. The molecule has 0 fully saturated rings. The molecule has 4 heteroatoms. The van der Waals surface area contributed by atoms with Gasteiger partial charge >= 0.3 is 5.97 Å². The number of hydrogen-bond acceptors (Lipinski definition) is 3. The van der Waals surface area contributed by atoms with Crippen molar-refractivity contribution < 1.29 is 14.7 Å². The number of nitrogens with two attached hydrogens (primary N) is 1. The lowest BCUT2D eigenvalue weighted by atomic mass is 9.76. The highest BCUT2D eigenvalue weighted by atomic mass is 16.4. The van der Waals surface area contributed by atoms with Gasteiger partial charge in [0.2, 0.25) is 0 Å². The predicted octanol–water partition coefficient (Wildman–Crippen LogP) is 0.947. The minimum atomic E-state index is -1.60. The van der Waals surface area contributed by atoms with Crippen molar-refractivity contribution in [1.29, 1.82) is 0 Å². The molecule has 0 aromatic heterocycles. The molecule has 0 saturated heterocycles. The number of ketones is 1. The van der Waals surface area contributed by atoms with Crippen molar-refractivity contribution in [3.8, 4) is 0 Å². The summed E-state index contributed by atoms with van der Waals surface area (Å²) in [7, 11) is 0. The summed E-state index contributed by atoms with van der Waals surface area (Å²) in [6.45, 7) is 1.41. The van der Waals surface area contributed by atoms with Gasteiger partial charge in [0.15, 0.2) is 11.2 Å². The maximum atomic E-state index is 11.8. The van der Waals surface area contributed by atoms with Crippen molar-refractivity contribution in [2.45, 2.75) is 18.8 Å². The third-order valence-corrected chi connectivity index (χ3v) is 2.73. The summed E-state index contributed by atoms with van der Waals surface area (Å²) in [5.74, 6) is -1.55. The zero-order chi connectivity index (χ0) is 12.2. The molecule has 0 aliphatic heterocycles. The third-order valence-electron chi connectivity index (χ3n) is 2.73. The molecule has 86 valence electrons. The molecule has 0 saturated carbocycles. The van der Waals surface area contributed by atoms with E-state index < -0.39 is 11.4 Å². The van der Waals surface area contributed by atoms with Crippen LogP contribution in [0.3, 0.4) is 0 Å². The van der Waals surface area contributed by atoms with Gasteiger partial charge in [-0.1, -0.05) is 37.3 Å². The number of benzene rings is 1. The van der Waals surface area contributed by atoms with Gasteiger partial charge < -0.3 is 10.8 Å². The second kappa shape index (κ2) is 4.90. The summed E-state index contributed by atoms with van der Waals surface area (Å²) in [4.78, 5) is 23.2. The van der Waals surface area contributed by atoms with Gasteiger partial charge in [-0.3, -0.25) is 9.59 Å². The van der Waals surface area contributed by atoms with E-state index in [1.807, 2.05) is 0 Å². The number of aliphatic carboxylic acids is 1. The lowest BCUT2D eigenvalue weighted by Crippen LogP contribution is -2.49. The SMILES string of the molecule is CCC(=O)C(CN)(C(=O)O)c1ccccc1. The molecule has 0 heterocycles. The van der Waals surface area contributed by atoms with Crippen LogP contribution >= 0.6 is 0 Å². The van der Waals surface area contributed by atoms with E-state index in [0.29, 0.717) is 5.56 Å². The maximum absolute atomic E-state index is 11.8. The molecule has 4 nitrogen and oxygen atoms in total. The fourth-order valence-corrected chi connectivity index (χ4v) is 1.75. The van der Waals surface area contributed by atoms with Gasteiger partial charge in [-0.15, -0.1) is 0 Å². The number of carboxylic acid groups (broad SMARTS) is 1. The molecule has 1 unspecified atom stereocenters. The summed E-state index contributed by atoms with van der Waals surface area (Å²) in [6, 6.07) is 8.41. The summed E-state index contributed by atoms with van der Waals surface area (Å²) in [5.41, 5.74) is 4.36. The van der Waals surface area contributed by atoms with E-state index in [1.165, 1.54) is 0 Å². The number of carbonyl (C=O) groups is 2. The smallest absolute Gasteiger partial charge is 0.323 e. The molecular weight excluding hydrogens is 206 g/mol. The van der Waals surface area contributed by atoms with Crippen LogP contribution in [0.25, 0.3) is 0 Å². The van der Waals surface area contributed by atoms with Crippen molar-refractivity contribution in [1.82, 2.24) is 0 Å².